The van der Waals surface area contributed by atoms with E-state index in [9.17, 15) is 9.59 Å². The summed E-state index contributed by atoms with van der Waals surface area (Å²) in [4.78, 5) is 31.5. The number of piperidine rings is 3. The Morgan fingerprint density at radius 3 is 2.15 bits per heavy atom. The van der Waals surface area contributed by atoms with Crippen LogP contribution in [0.5, 0.6) is 0 Å². The maximum atomic E-state index is 12.8. The van der Waals surface area contributed by atoms with Crippen LogP contribution in [0, 0.1) is 17.8 Å². The number of hydrogen-bond donors (Lipinski definition) is 0. The molecule has 150 valence electrons. The molecule has 0 radical (unpaired) electrons. The summed E-state index contributed by atoms with van der Waals surface area (Å²) < 4.78 is 10.7. The van der Waals surface area contributed by atoms with Crippen molar-refractivity contribution in [3.05, 3.63) is 0 Å². The van der Waals surface area contributed by atoms with Crippen molar-refractivity contribution in [1.82, 2.24) is 14.7 Å². The smallest absolute Gasteiger partial charge is 0.410 e. The lowest BCUT2D eigenvalue weighted by Gasteiger charge is -2.49. The van der Waals surface area contributed by atoms with E-state index in [1.807, 2.05) is 4.90 Å². The normalized spacial score (nSPS) is 41.2. The Hall–Kier alpha value is -1.34. The van der Waals surface area contributed by atoms with Gasteiger partial charge >= 0.3 is 6.09 Å². The topological polar surface area (TPSA) is 62.3 Å². The van der Waals surface area contributed by atoms with Gasteiger partial charge in [0.05, 0.1) is 32.4 Å². The molecule has 5 aliphatic rings. The number of rotatable bonds is 2. The van der Waals surface area contributed by atoms with E-state index in [-0.39, 0.29) is 24.1 Å². The van der Waals surface area contributed by atoms with Gasteiger partial charge in [0.1, 0.15) is 0 Å². The van der Waals surface area contributed by atoms with Crippen molar-refractivity contribution in [2.24, 2.45) is 17.8 Å². The molecule has 2 amide bonds. The molecular weight excluding hydrogens is 346 g/mol. The Labute approximate surface area is 160 Å². The number of methoxy groups -OCH3 is 1. The van der Waals surface area contributed by atoms with Gasteiger partial charge in [-0.15, -0.1) is 0 Å². The van der Waals surface area contributed by atoms with Crippen LogP contribution in [0.4, 0.5) is 4.79 Å². The lowest BCUT2D eigenvalue weighted by Crippen LogP contribution is -2.62. The number of amides is 2. The Morgan fingerprint density at radius 1 is 0.926 bits per heavy atom. The molecule has 3 unspecified atom stereocenters. The van der Waals surface area contributed by atoms with Gasteiger partial charge in [-0.25, -0.2) is 4.79 Å². The fraction of sp³-hybridized carbons (Fsp3) is 0.900. The molecule has 4 saturated heterocycles. The average Bonchev–Trinajstić information content (AvgIpc) is 3.19. The monoisotopic (exact) mass is 377 g/mol. The number of likely N-dealkylation sites (tertiary alicyclic amines) is 2. The molecule has 0 N–H and O–H groups in total. The minimum absolute atomic E-state index is 0.123. The van der Waals surface area contributed by atoms with E-state index in [1.54, 1.807) is 0 Å². The van der Waals surface area contributed by atoms with Gasteiger partial charge < -0.3 is 14.4 Å². The van der Waals surface area contributed by atoms with E-state index in [4.69, 9.17) is 9.47 Å². The van der Waals surface area contributed by atoms with Crippen LogP contribution in [-0.4, -0.2) is 91.3 Å². The van der Waals surface area contributed by atoms with E-state index in [0.29, 0.717) is 37.0 Å². The van der Waals surface area contributed by atoms with Gasteiger partial charge in [0.25, 0.3) is 0 Å². The molecule has 4 aliphatic heterocycles. The van der Waals surface area contributed by atoms with Gasteiger partial charge in [0.15, 0.2) is 0 Å². The standard InChI is InChI=1S/C20H31N3O4/c1-26-20(25)23-14-7-13(8-15(23)12-27-11-14)22-9-16-17(10-22)18(16)19(24)21-5-3-2-4-6-21/h13-18H,2-12H2,1H3/t13?,14?,15?,16-,17+,18?. The number of carbonyl (C=O) groups is 2. The highest BCUT2D eigenvalue weighted by Gasteiger charge is 2.61. The molecule has 0 aromatic carbocycles. The quantitative estimate of drug-likeness (QED) is 0.723. The summed E-state index contributed by atoms with van der Waals surface area (Å²) >= 11 is 0. The molecule has 1 aliphatic carbocycles. The van der Waals surface area contributed by atoms with Crippen LogP contribution >= 0.6 is 0 Å². The maximum Gasteiger partial charge on any atom is 0.410 e. The van der Waals surface area contributed by atoms with Crippen molar-refractivity contribution in [2.75, 3.05) is 46.5 Å². The number of fused-ring (bicyclic) bond motifs is 3. The van der Waals surface area contributed by atoms with Gasteiger partial charge in [-0.1, -0.05) is 0 Å². The third kappa shape index (κ3) is 3.03. The highest BCUT2D eigenvalue weighted by Crippen LogP contribution is 2.54. The lowest BCUT2D eigenvalue weighted by molar-refractivity contribution is -0.134. The van der Waals surface area contributed by atoms with Crippen molar-refractivity contribution >= 4 is 12.0 Å². The maximum absolute atomic E-state index is 12.8. The van der Waals surface area contributed by atoms with Crippen LogP contribution in [0.1, 0.15) is 32.1 Å². The molecule has 2 bridgehead atoms. The van der Waals surface area contributed by atoms with Crippen molar-refractivity contribution in [1.29, 1.82) is 0 Å². The molecule has 27 heavy (non-hydrogen) atoms. The van der Waals surface area contributed by atoms with E-state index in [0.717, 1.165) is 39.0 Å². The summed E-state index contributed by atoms with van der Waals surface area (Å²) in [5, 5.41) is 0. The lowest BCUT2D eigenvalue weighted by atomic mass is 9.89. The first-order valence-corrected chi connectivity index (χ1v) is 10.6. The van der Waals surface area contributed by atoms with Gasteiger partial charge in [-0.2, -0.15) is 0 Å². The first-order valence-electron chi connectivity index (χ1n) is 10.6. The number of morpholine rings is 1. The molecule has 0 aromatic rings. The molecular formula is C20H31N3O4. The second kappa shape index (κ2) is 6.92. The number of ether oxygens (including phenoxy) is 2. The molecule has 7 heteroatoms. The predicted octanol–water partition coefficient (Wildman–Crippen LogP) is 1.17. The summed E-state index contributed by atoms with van der Waals surface area (Å²) in [6.07, 6.45) is 5.30. The molecule has 5 atom stereocenters. The second-order valence-corrected chi connectivity index (χ2v) is 9.04. The SMILES string of the molecule is COC(=O)N1C2COCC1CC(N1C[C@@H]3C(C(=O)N4CCCCC4)[C@@H]3C1)C2. The summed E-state index contributed by atoms with van der Waals surface area (Å²) in [5.41, 5.74) is 0. The van der Waals surface area contributed by atoms with Crippen LogP contribution in [0.3, 0.4) is 0 Å². The van der Waals surface area contributed by atoms with Gasteiger partial charge in [-0.3, -0.25) is 14.6 Å². The third-order valence-electron chi connectivity index (χ3n) is 7.57. The van der Waals surface area contributed by atoms with Gasteiger partial charge in [0.2, 0.25) is 5.91 Å². The fourth-order valence-corrected chi connectivity index (χ4v) is 6.14. The first-order chi connectivity index (χ1) is 13.2. The zero-order valence-corrected chi connectivity index (χ0v) is 16.2. The predicted molar refractivity (Wildman–Crippen MR) is 98.1 cm³/mol. The fourth-order valence-electron chi connectivity index (χ4n) is 6.14. The Kier molecular flexibility index (Phi) is 4.55. The third-order valence-corrected chi connectivity index (χ3v) is 7.57. The van der Waals surface area contributed by atoms with Crippen LogP contribution in [0.15, 0.2) is 0 Å². The minimum atomic E-state index is -0.219. The molecule has 5 rings (SSSR count). The summed E-state index contributed by atoms with van der Waals surface area (Å²) in [5.74, 6) is 1.84. The summed E-state index contributed by atoms with van der Waals surface area (Å²) in [7, 11) is 1.46. The second-order valence-electron chi connectivity index (χ2n) is 9.04. The van der Waals surface area contributed by atoms with E-state index in [2.05, 4.69) is 9.80 Å². The first kappa shape index (κ1) is 17.7. The van der Waals surface area contributed by atoms with E-state index < -0.39 is 0 Å². The zero-order valence-electron chi connectivity index (χ0n) is 16.2. The van der Waals surface area contributed by atoms with Gasteiger partial charge in [0, 0.05) is 38.1 Å². The highest BCUT2D eigenvalue weighted by molar-refractivity contribution is 5.82. The van der Waals surface area contributed by atoms with Crippen LogP contribution in [0.25, 0.3) is 0 Å². The van der Waals surface area contributed by atoms with Crippen molar-refractivity contribution in [2.45, 2.75) is 50.2 Å². The zero-order chi connectivity index (χ0) is 18.5. The van der Waals surface area contributed by atoms with Crippen LogP contribution < -0.4 is 0 Å². The molecule has 7 nitrogen and oxygen atoms in total. The molecule has 0 spiro atoms. The summed E-state index contributed by atoms with van der Waals surface area (Å²) in [6.45, 7) is 5.26. The number of hydrogen-bond acceptors (Lipinski definition) is 5. The molecule has 4 heterocycles. The highest BCUT2D eigenvalue weighted by atomic mass is 16.5. The van der Waals surface area contributed by atoms with E-state index >= 15 is 0 Å². The molecule has 0 aromatic heterocycles. The van der Waals surface area contributed by atoms with Crippen LogP contribution in [-0.2, 0) is 14.3 Å². The minimum Gasteiger partial charge on any atom is -0.453 e. The Bertz CT molecular complexity index is 582. The molecule has 1 saturated carbocycles. The van der Waals surface area contributed by atoms with Gasteiger partial charge in [-0.05, 0) is 43.9 Å². The van der Waals surface area contributed by atoms with Crippen molar-refractivity contribution in [3.8, 4) is 0 Å². The Morgan fingerprint density at radius 2 is 1.56 bits per heavy atom. The Balaban J connectivity index is 1.18. The number of carbonyl (C=O) groups excluding carboxylic acids is 2. The molecule has 5 fully saturated rings. The van der Waals surface area contributed by atoms with Crippen molar-refractivity contribution < 1.29 is 19.1 Å². The van der Waals surface area contributed by atoms with Crippen LogP contribution in [0.2, 0.25) is 0 Å². The average molecular weight is 377 g/mol. The van der Waals surface area contributed by atoms with E-state index in [1.165, 1.54) is 26.4 Å². The summed E-state index contributed by atoms with van der Waals surface area (Å²) in [6, 6.07) is 0.749. The van der Waals surface area contributed by atoms with Crippen molar-refractivity contribution in [3.63, 3.8) is 0 Å². The largest absolute Gasteiger partial charge is 0.453 e. The number of nitrogens with zero attached hydrogens (tertiary/aromatic N) is 3.